The van der Waals surface area contributed by atoms with Crippen LogP contribution in [0, 0.1) is 11.8 Å². The smallest absolute Gasteiger partial charge is 0.0622 e. The first-order valence-electron chi connectivity index (χ1n) is 8.77. The van der Waals surface area contributed by atoms with Gasteiger partial charge in [-0.15, -0.1) is 0 Å². The van der Waals surface area contributed by atoms with Gasteiger partial charge in [0.1, 0.15) is 0 Å². The van der Waals surface area contributed by atoms with Gasteiger partial charge in [0.2, 0.25) is 0 Å². The van der Waals surface area contributed by atoms with Crippen molar-refractivity contribution in [1.82, 2.24) is 10.2 Å². The van der Waals surface area contributed by atoms with Crippen molar-refractivity contribution in [2.75, 3.05) is 33.4 Å². The Labute approximate surface area is 125 Å². The molecule has 0 bridgehead atoms. The largest absolute Gasteiger partial charge is 0.378 e. The van der Waals surface area contributed by atoms with Gasteiger partial charge in [-0.2, -0.15) is 0 Å². The summed E-state index contributed by atoms with van der Waals surface area (Å²) in [6.07, 6.45) is 8.20. The van der Waals surface area contributed by atoms with Gasteiger partial charge in [0, 0.05) is 25.2 Å². The number of hydrogen-bond donors (Lipinski definition) is 1. The van der Waals surface area contributed by atoms with Crippen molar-refractivity contribution in [3.05, 3.63) is 0 Å². The zero-order valence-electron chi connectivity index (χ0n) is 13.7. The van der Waals surface area contributed by atoms with Gasteiger partial charge in [-0.1, -0.05) is 26.7 Å². The van der Waals surface area contributed by atoms with E-state index in [0.29, 0.717) is 6.04 Å². The molecule has 1 N–H and O–H groups in total. The molecule has 0 spiro atoms. The van der Waals surface area contributed by atoms with Gasteiger partial charge in [0.05, 0.1) is 13.2 Å². The van der Waals surface area contributed by atoms with Crippen molar-refractivity contribution in [2.45, 2.75) is 64.5 Å². The van der Waals surface area contributed by atoms with E-state index < -0.39 is 0 Å². The van der Waals surface area contributed by atoms with Gasteiger partial charge in [-0.05, 0) is 44.6 Å². The van der Waals surface area contributed by atoms with Gasteiger partial charge >= 0.3 is 0 Å². The Morgan fingerprint density at radius 3 is 2.80 bits per heavy atom. The van der Waals surface area contributed by atoms with Crippen LogP contribution in [0.25, 0.3) is 0 Å². The zero-order chi connectivity index (χ0) is 14.4. The van der Waals surface area contributed by atoms with E-state index in [0.717, 1.165) is 37.6 Å². The maximum Gasteiger partial charge on any atom is 0.0622 e. The molecule has 2 aliphatic rings. The van der Waals surface area contributed by atoms with Crippen LogP contribution in [0.4, 0.5) is 0 Å². The summed E-state index contributed by atoms with van der Waals surface area (Å²) < 4.78 is 5.65. The minimum Gasteiger partial charge on any atom is -0.378 e. The summed E-state index contributed by atoms with van der Waals surface area (Å²) in [4.78, 5) is 2.70. The Bertz CT molecular complexity index is 272. The number of hydrogen-bond acceptors (Lipinski definition) is 3. The summed E-state index contributed by atoms with van der Waals surface area (Å²) in [7, 11) is 2.15. The molecule has 4 unspecified atom stereocenters. The molecular weight excluding hydrogens is 248 g/mol. The van der Waals surface area contributed by atoms with E-state index in [1.54, 1.807) is 0 Å². The molecule has 1 aliphatic heterocycles. The van der Waals surface area contributed by atoms with E-state index in [4.69, 9.17) is 4.74 Å². The molecule has 2 fully saturated rings. The summed E-state index contributed by atoms with van der Waals surface area (Å²) in [5, 5.41) is 3.58. The highest BCUT2D eigenvalue weighted by Crippen LogP contribution is 2.33. The molecule has 20 heavy (non-hydrogen) atoms. The van der Waals surface area contributed by atoms with Crippen LogP contribution in [0.2, 0.25) is 0 Å². The molecule has 1 saturated heterocycles. The molecule has 0 radical (unpaired) electrons. The molecule has 3 nitrogen and oxygen atoms in total. The Balaban J connectivity index is 1.92. The molecule has 1 aliphatic carbocycles. The van der Waals surface area contributed by atoms with Crippen LogP contribution in [0.1, 0.15) is 52.4 Å². The number of ether oxygens (including phenoxy) is 1. The first-order valence-corrected chi connectivity index (χ1v) is 8.77. The molecule has 1 saturated carbocycles. The van der Waals surface area contributed by atoms with Crippen molar-refractivity contribution >= 4 is 0 Å². The van der Waals surface area contributed by atoms with Gasteiger partial charge in [-0.25, -0.2) is 0 Å². The third-order valence-corrected chi connectivity index (χ3v) is 5.45. The average molecular weight is 282 g/mol. The summed E-state index contributed by atoms with van der Waals surface area (Å²) in [6.45, 7) is 8.88. The first-order chi connectivity index (χ1) is 9.78. The maximum atomic E-state index is 5.65. The van der Waals surface area contributed by atoms with E-state index in [9.17, 15) is 0 Å². The van der Waals surface area contributed by atoms with Crippen LogP contribution in [0.5, 0.6) is 0 Å². The molecule has 0 aromatic rings. The van der Waals surface area contributed by atoms with E-state index in [1.165, 1.54) is 45.1 Å². The Kier molecular flexibility index (Phi) is 6.79. The van der Waals surface area contributed by atoms with E-state index in [-0.39, 0.29) is 0 Å². The standard InChI is InChI=1S/C17H34N2O/c1-4-6-14-7-8-17(18-3)15(11-14)12-19-9-10-20-13-16(19)5-2/h14-18H,4-13H2,1-3H3. The summed E-state index contributed by atoms with van der Waals surface area (Å²) in [5.74, 6) is 1.80. The second-order valence-electron chi connectivity index (χ2n) is 6.75. The van der Waals surface area contributed by atoms with Crippen molar-refractivity contribution in [3.8, 4) is 0 Å². The molecule has 0 amide bonds. The molecule has 118 valence electrons. The minimum atomic E-state index is 0.646. The monoisotopic (exact) mass is 282 g/mol. The predicted octanol–water partition coefficient (Wildman–Crippen LogP) is 2.90. The SMILES string of the molecule is CCCC1CCC(NC)C(CN2CCOCC2CC)C1. The van der Waals surface area contributed by atoms with E-state index >= 15 is 0 Å². The Hall–Kier alpha value is -0.120. The number of nitrogens with zero attached hydrogens (tertiary/aromatic N) is 1. The molecule has 2 rings (SSSR count). The lowest BCUT2D eigenvalue weighted by Crippen LogP contribution is -2.51. The lowest BCUT2D eigenvalue weighted by Gasteiger charge is -2.42. The van der Waals surface area contributed by atoms with Crippen LogP contribution in [0.15, 0.2) is 0 Å². The second kappa shape index (κ2) is 8.35. The Morgan fingerprint density at radius 1 is 1.25 bits per heavy atom. The lowest BCUT2D eigenvalue weighted by molar-refractivity contribution is -0.0223. The quantitative estimate of drug-likeness (QED) is 0.811. The van der Waals surface area contributed by atoms with Crippen LogP contribution in [-0.2, 0) is 4.74 Å². The first kappa shape index (κ1) is 16.3. The van der Waals surface area contributed by atoms with Crippen molar-refractivity contribution in [1.29, 1.82) is 0 Å². The highest BCUT2D eigenvalue weighted by Gasteiger charge is 2.32. The predicted molar refractivity (Wildman–Crippen MR) is 85.1 cm³/mol. The van der Waals surface area contributed by atoms with Crippen LogP contribution < -0.4 is 5.32 Å². The van der Waals surface area contributed by atoms with Crippen molar-refractivity contribution < 1.29 is 4.74 Å². The maximum absolute atomic E-state index is 5.65. The lowest BCUT2D eigenvalue weighted by atomic mass is 9.76. The molecule has 0 aromatic carbocycles. The fourth-order valence-electron chi connectivity index (χ4n) is 4.22. The van der Waals surface area contributed by atoms with Gasteiger partial charge in [0.15, 0.2) is 0 Å². The molecule has 0 aromatic heterocycles. The highest BCUT2D eigenvalue weighted by atomic mass is 16.5. The number of morpholine rings is 1. The topological polar surface area (TPSA) is 24.5 Å². The van der Waals surface area contributed by atoms with Crippen molar-refractivity contribution in [2.24, 2.45) is 11.8 Å². The summed E-state index contributed by atoms with van der Waals surface area (Å²) in [5.41, 5.74) is 0. The molecule has 1 heterocycles. The number of nitrogens with one attached hydrogen (secondary N) is 1. The molecular formula is C17H34N2O. The van der Waals surface area contributed by atoms with Crippen LogP contribution >= 0.6 is 0 Å². The number of rotatable bonds is 6. The summed E-state index contributed by atoms with van der Waals surface area (Å²) in [6, 6.07) is 1.37. The third kappa shape index (κ3) is 4.19. The fraction of sp³-hybridized carbons (Fsp3) is 1.00. The second-order valence-corrected chi connectivity index (χ2v) is 6.75. The zero-order valence-corrected chi connectivity index (χ0v) is 13.7. The molecule has 4 atom stereocenters. The third-order valence-electron chi connectivity index (χ3n) is 5.45. The van der Waals surface area contributed by atoms with Gasteiger partial charge in [-0.3, -0.25) is 4.90 Å². The van der Waals surface area contributed by atoms with E-state index in [1.807, 2.05) is 0 Å². The summed E-state index contributed by atoms with van der Waals surface area (Å²) >= 11 is 0. The van der Waals surface area contributed by atoms with Crippen molar-refractivity contribution in [3.63, 3.8) is 0 Å². The van der Waals surface area contributed by atoms with Gasteiger partial charge < -0.3 is 10.1 Å². The normalized spacial score (nSPS) is 36.1. The van der Waals surface area contributed by atoms with Crippen LogP contribution in [0.3, 0.4) is 0 Å². The fourth-order valence-corrected chi connectivity index (χ4v) is 4.22. The van der Waals surface area contributed by atoms with Crippen LogP contribution in [-0.4, -0.2) is 50.3 Å². The van der Waals surface area contributed by atoms with Gasteiger partial charge in [0.25, 0.3) is 0 Å². The average Bonchev–Trinajstić information content (AvgIpc) is 2.48. The minimum absolute atomic E-state index is 0.646. The highest BCUT2D eigenvalue weighted by molar-refractivity contribution is 4.87. The molecule has 3 heteroatoms. The Morgan fingerprint density at radius 2 is 2.10 bits per heavy atom. The van der Waals surface area contributed by atoms with E-state index in [2.05, 4.69) is 31.1 Å².